The molecule has 0 aliphatic carbocycles. The van der Waals surface area contributed by atoms with Crippen LogP contribution in [0.2, 0.25) is 0 Å². The second kappa shape index (κ2) is 10.7. The lowest BCUT2D eigenvalue weighted by Crippen LogP contribution is -2.40. The Kier molecular flexibility index (Phi) is 8.99. The number of benzene rings is 1. The second-order valence-electron chi connectivity index (χ2n) is 6.95. The third-order valence-electron chi connectivity index (χ3n) is 3.94. The first-order valence-corrected chi connectivity index (χ1v) is 8.78. The van der Waals surface area contributed by atoms with Crippen LogP contribution in [-0.4, -0.2) is 49.2 Å². The van der Waals surface area contributed by atoms with Crippen molar-refractivity contribution in [3.05, 3.63) is 35.4 Å². The van der Waals surface area contributed by atoms with E-state index in [1.165, 1.54) is 5.56 Å². The molecular weight excluding hydrogens is 318 g/mol. The number of carboxylic acids is 1. The minimum atomic E-state index is -0.851. The highest BCUT2D eigenvalue weighted by Gasteiger charge is 2.15. The van der Waals surface area contributed by atoms with Crippen molar-refractivity contribution in [3.8, 4) is 0 Å². The van der Waals surface area contributed by atoms with Crippen molar-refractivity contribution < 1.29 is 14.7 Å². The van der Waals surface area contributed by atoms with Gasteiger partial charge in [-0.25, -0.2) is 4.79 Å². The summed E-state index contributed by atoms with van der Waals surface area (Å²) in [5, 5.41) is 14.1. The fourth-order valence-corrected chi connectivity index (χ4v) is 2.64. The van der Waals surface area contributed by atoms with Crippen LogP contribution in [0.15, 0.2) is 24.3 Å². The molecule has 6 heteroatoms. The summed E-state index contributed by atoms with van der Waals surface area (Å²) >= 11 is 0. The van der Waals surface area contributed by atoms with Gasteiger partial charge in [0, 0.05) is 19.5 Å². The molecule has 6 nitrogen and oxygen atoms in total. The van der Waals surface area contributed by atoms with Crippen molar-refractivity contribution in [2.75, 3.05) is 27.2 Å². The fourth-order valence-electron chi connectivity index (χ4n) is 2.64. The number of carboxylic acid groups (broad SMARTS) is 1. The molecule has 0 aliphatic rings. The van der Waals surface area contributed by atoms with E-state index in [4.69, 9.17) is 5.11 Å². The van der Waals surface area contributed by atoms with Gasteiger partial charge in [0.1, 0.15) is 0 Å². The van der Waals surface area contributed by atoms with E-state index in [1.54, 1.807) is 0 Å². The van der Waals surface area contributed by atoms with Gasteiger partial charge in [-0.05, 0) is 44.0 Å². The minimum absolute atomic E-state index is 0.0589. The van der Waals surface area contributed by atoms with E-state index in [1.807, 2.05) is 14.1 Å². The number of nitrogens with one attached hydrogen (secondary N) is 2. The summed E-state index contributed by atoms with van der Waals surface area (Å²) in [4.78, 5) is 24.3. The number of nitrogens with zero attached hydrogens (tertiary/aromatic N) is 1. The highest BCUT2D eigenvalue weighted by Crippen LogP contribution is 2.19. The molecule has 0 saturated heterocycles. The zero-order chi connectivity index (χ0) is 18.8. The molecule has 25 heavy (non-hydrogen) atoms. The van der Waals surface area contributed by atoms with Crippen LogP contribution in [0.25, 0.3) is 0 Å². The summed E-state index contributed by atoms with van der Waals surface area (Å²) in [6.07, 6.45) is 1.55. The van der Waals surface area contributed by atoms with E-state index in [2.05, 4.69) is 53.6 Å². The smallest absolute Gasteiger partial charge is 0.314 e. The lowest BCUT2D eigenvalue weighted by molar-refractivity contribution is -0.137. The highest BCUT2D eigenvalue weighted by atomic mass is 16.4. The molecule has 0 aliphatic heterocycles. The Morgan fingerprint density at radius 2 is 1.76 bits per heavy atom. The molecule has 0 aromatic heterocycles. The molecule has 0 radical (unpaired) electrons. The zero-order valence-electron chi connectivity index (χ0n) is 15.7. The second-order valence-corrected chi connectivity index (χ2v) is 6.95. The van der Waals surface area contributed by atoms with Crippen molar-refractivity contribution in [2.24, 2.45) is 5.92 Å². The third kappa shape index (κ3) is 8.54. The maximum atomic E-state index is 11.8. The molecule has 1 unspecified atom stereocenters. The number of hydrogen-bond donors (Lipinski definition) is 3. The van der Waals surface area contributed by atoms with Gasteiger partial charge in [-0.1, -0.05) is 38.1 Å². The van der Waals surface area contributed by atoms with E-state index >= 15 is 0 Å². The van der Waals surface area contributed by atoms with Crippen LogP contribution < -0.4 is 10.6 Å². The number of aliphatic carboxylic acids is 1. The average Bonchev–Trinajstić information content (AvgIpc) is 2.52. The first-order chi connectivity index (χ1) is 11.8. The highest BCUT2D eigenvalue weighted by molar-refractivity contribution is 5.74. The van der Waals surface area contributed by atoms with Crippen LogP contribution in [-0.2, 0) is 11.2 Å². The van der Waals surface area contributed by atoms with Crippen molar-refractivity contribution in [1.82, 2.24) is 15.5 Å². The van der Waals surface area contributed by atoms with Gasteiger partial charge in [-0.15, -0.1) is 0 Å². The van der Waals surface area contributed by atoms with E-state index in [9.17, 15) is 9.59 Å². The Labute approximate surface area is 150 Å². The van der Waals surface area contributed by atoms with Crippen molar-refractivity contribution in [3.63, 3.8) is 0 Å². The van der Waals surface area contributed by atoms with E-state index in [0.29, 0.717) is 25.4 Å². The minimum Gasteiger partial charge on any atom is -0.481 e. The summed E-state index contributed by atoms with van der Waals surface area (Å²) in [5.74, 6) is -0.224. The number of urea groups is 1. The van der Waals surface area contributed by atoms with Gasteiger partial charge in [-0.3, -0.25) is 4.79 Å². The van der Waals surface area contributed by atoms with Crippen molar-refractivity contribution in [2.45, 2.75) is 39.2 Å². The SMILES string of the molecule is CC(C)Cc1ccc(C(CNC(=O)NCCCC(=O)O)N(C)C)cc1. The zero-order valence-corrected chi connectivity index (χ0v) is 15.7. The summed E-state index contributed by atoms with van der Waals surface area (Å²) < 4.78 is 0. The predicted molar refractivity (Wildman–Crippen MR) is 99.7 cm³/mol. The molecule has 1 aromatic rings. The van der Waals surface area contributed by atoms with Crippen LogP contribution in [0.3, 0.4) is 0 Å². The Hall–Kier alpha value is -2.08. The fraction of sp³-hybridized carbons (Fsp3) is 0.579. The Bertz CT molecular complexity index is 541. The van der Waals surface area contributed by atoms with Gasteiger partial charge in [0.2, 0.25) is 0 Å². The molecule has 3 N–H and O–H groups in total. The largest absolute Gasteiger partial charge is 0.481 e. The average molecular weight is 349 g/mol. The van der Waals surface area contributed by atoms with Gasteiger partial charge in [0.05, 0.1) is 6.04 Å². The number of likely N-dealkylation sites (N-methyl/N-ethyl adjacent to an activating group) is 1. The van der Waals surface area contributed by atoms with E-state index < -0.39 is 5.97 Å². The molecule has 1 atom stereocenters. The van der Waals surface area contributed by atoms with E-state index in [-0.39, 0.29) is 18.5 Å². The number of rotatable bonds is 10. The third-order valence-corrected chi connectivity index (χ3v) is 3.94. The van der Waals surface area contributed by atoms with Crippen LogP contribution >= 0.6 is 0 Å². The van der Waals surface area contributed by atoms with Crippen molar-refractivity contribution >= 4 is 12.0 Å². The molecule has 1 rings (SSSR count). The topological polar surface area (TPSA) is 81.7 Å². The van der Waals surface area contributed by atoms with Crippen LogP contribution in [0, 0.1) is 5.92 Å². The summed E-state index contributed by atoms with van der Waals surface area (Å²) in [5.41, 5.74) is 2.48. The molecule has 2 amide bonds. The predicted octanol–water partition coefficient (Wildman–Crippen LogP) is 2.65. The van der Waals surface area contributed by atoms with Gasteiger partial charge >= 0.3 is 12.0 Å². The summed E-state index contributed by atoms with van der Waals surface area (Å²) in [7, 11) is 3.97. The lowest BCUT2D eigenvalue weighted by atomic mass is 9.99. The molecule has 0 bridgehead atoms. The molecule has 0 heterocycles. The Morgan fingerprint density at radius 3 is 2.28 bits per heavy atom. The molecule has 0 saturated carbocycles. The summed E-state index contributed by atoms with van der Waals surface area (Å²) in [6.45, 7) is 5.25. The van der Waals surface area contributed by atoms with Gasteiger partial charge in [-0.2, -0.15) is 0 Å². The van der Waals surface area contributed by atoms with Gasteiger partial charge in [0.25, 0.3) is 0 Å². The number of hydrogen-bond acceptors (Lipinski definition) is 3. The molecule has 1 aromatic carbocycles. The van der Waals surface area contributed by atoms with Crippen LogP contribution in [0.4, 0.5) is 4.79 Å². The quantitative estimate of drug-likeness (QED) is 0.567. The van der Waals surface area contributed by atoms with Crippen molar-refractivity contribution in [1.29, 1.82) is 0 Å². The molecular formula is C19H31N3O3. The number of carbonyl (C=O) groups excluding carboxylic acids is 1. The van der Waals surface area contributed by atoms with Crippen LogP contribution in [0.1, 0.15) is 43.9 Å². The maximum Gasteiger partial charge on any atom is 0.314 e. The van der Waals surface area contributed by atoms with Crippen LogP contribution in [0.5, 0.6) is 0 Å². The van der Waals surface area contributed by atoms with Gasteiger partial charge in [0.15, 0.2) is 0 Å². The standard InChI is InChI=1S/C19H31N3O3/c1-14(2)12-15-7-9-16(10-8-15)17(22(3)4)13-21-19(25)20-11-5-6-18(23)24/h7-10,14,17H,5-6,11-13H2,1-4H3,(H,23,24)(H2,20,21,25). The Balaban J connectivity index is 2.51. The number of amides is 2. The molecule has 0 spiro atoms. The lowest BCUT2D eigenvalue weighted by Gasteiger charge is -2.25. The normalized spacial score (nSPS) is 12.2. The monoisotopic (exact) mass is 349 g/mol. The van der Waals surface area contributed by atoms with Gasteiger partial charge < -0.3 is 20.6 Å². The maximum absolute atomic E-state index is 11.8. The first-order valence-electron chi connectivity index (χ1n) is 8.78. The molecule has 0 fully saturated rings. The number of carbonyl (C=O) groups is 2. The molecule has 140 valence electrons. The first kappa shape index (κ1) is 21.0. The summed E-state index contributed by atoms with van der Waals surface area (Å²) in [6, 6.07) is 8.35. The van der Waals surface area contributed by atoms with E-state index in [0.717, 1.165) is 12.0 Å². The Morgan fingerprint density at radius 1 is 1.12 bits per heavy atom.